The van der Waals surface area contributed by atoms with Crippen molar-refractivity contribution in [3.63, 3.8) is 0 Å². The zero-order chi connectivity index (χ0) is 16.8. The minimum Gasteiger partial charge on any atom is -0.496 e. The van der Waals surface area contributed by atoms with Crippen LogP contribution in [0.5, 0.6) is 5.75 Å². The minimum absolute atomic E-state index is 0.0231. The molecule has 0 saturated carbocycles. The molecule has 0 unspecified atom stereocenters. The van der Waals surface area contributed by atoms with E-state index in [-0.39, 0.29) is 31.2 Å². The number of carbonyl (C=O) groups excluding carboxylic acids is 1. The van der Waals surface area contributed by atoms with Crippen molar-refractivity contribution >= 4 is 17.5 Å². The van der Waals surface area contributed by atoms with Gasteiger partial charge in [-0.2, -0.15) is 0 Å². The summed E-state index contributed by atoms with van der Waals surface area (Å²) in [5, 5.41) is 12.9. The lowest BCUT2D eigenvalue weighted by Crippen LogP contribution is -2.41. The van der Waals surface area contributed by atoms with Gasteiger partial charge < -0.3 is 19.9 Å². The molecule has 7 heteroatoms. The van der Waals surface area contributed by atoms with Crippen LogP contribution in [-0.2, 0) is 16.1 Å². The molecule has 2 N–H and O–H groups in total. The van der Waals surface area contributed by atoms with Gasteiger partial charge in [0.15, 0.2) is 0 Å². The molecular formula is C16H23ClN2O4. The van der Waals surface area contributed by atoms with Crippen molar-refractivity contribution in [2.24, 2.45) is 0 Å². The van der Waals surface area contributed by atoms with E-state index in [0.29, 0.717) is 23.9 Å². The number of nitrogens with one attached hydrogen (secondary N) is 1. The second kappa shape index (κ2) is 8.49. The first-order valence-corrected chi connectivity index (χ1v) is 7.92. The van der Waals surface area contributed by atoms with Crippen LogP contribution in [0.25, 0.3) is 0 Å². The Hall–Kier alpha value is -1.34. The van der Waals surface area contributed by atoms with Crippen LogP contribution in [0, 0.1) is 0 Å². The fourth-order valence-corrected chi connectivity index (χ4v) is 3.01. The van der Waals surface area contributed by atoms with E-state index in [1.165, 1.54) is 0 Å². The summed E-state index contributed by atoms with van der Waals surface area (Å²) in [7, 11) is 3.23. The van der Waals surface area contributed by atoms with E-state index < -0.39 is 0 Å². The van der Waals surface area contributed by atoms with E-state index in [1.807, 2.05) is 4.90 Å². The van der Waals surface area contributed by atoms with Crippen LogP contribution in [0.1, 0.15) is 12.0 Å². The summed E-state index contributed by atoms with van der Waals surface area (Å²) in [6.45, 7) is 1.24. The number of benzene rings is 1. The number of hydrogen-bond donors (Lipinski definition) is 2. The number of aliphatic hydroxyl groups excluding tert-OH is 1. The van der Waals surface area contributed by atoms with Gasteiger partial charge in [-0.25, -0.2) is 0 Å². The molecule has 1 aromatic rings. The van der Waals surface area contributed by atoms with Gasteiger partial charge in [0, 0.05) is 36.8 Å². The summed E-state index contributed by atoms with van der Waals surface area (Å²) in [6, 6.07) is 5.25. The number of halogens is 1. The summed E-state index contributed by atoms with van der Waals surface area (Å²) in [5.41, 5.74) is 0.822. The van der Waals surface area contributed by atoms with Crippen LogP contribution in [0.3, 0.4) is 0 Å². The molecule has 0 bridgehead atoms. The quantitative estimate of drug-likeness (QED) is 0.775. The van der Waals surface area contributed by atoms with Crippen LogP contribution in [0.4, 0.5) is 0 Å². The second-order valence-corrected chi connectivity index (χ2v) is 6.03. The number of methoxy groups -OCH3 is 2. The molecule has 1 heterocycles. The maximum absolute atomic E-state index is 12.2. The molecule has 23 heavy (non-hydrogen) atoms. The lowest BCUT2D eigenvalue weighted by molar-refractivity contribution is -0.122. The highest BCUT2D eigenvalue weighted by Gasteiger charge is 2.32. The summed E-state index contributed by atoms with van der Waals surface area (Å²) in [6.07, 6.45) is 0.801. The number of likely N-dealkylation sites (tertiary alicyclic amines) is 1. The maximum Gasteiger partial charge on any atom is 0.234 e. The predicted octanol–water partition coefficient (Wildman–Crippen LogP) is 1.05. The molecule has 2 atom stereocenters. The molecule has 1 aliphatic heterocycles. The second-order valence-electron chi connectivity index (χ2n) is 5.59. The zero-order valence-corrected chi connectivity index (χ0v) is 14.2. The van der Waals surface area contributed by atoms with Crippen molar-refractivity contribution in [1.82, 2.24) is 10.2 Å². The molecule has 2 rings (SSSR count). The summed E-state index contributed by atoms with van der Waals surface area (Å²) in [5.74, 6) is 0.575. The molecule has 0 spiro atoms. The molecule has 0 aliphatic carbocycles. The number of ether oxygens (including phenoxy) is 2. The Balaban J connectivity index is 1.89. The lowest BCUT2D eigenvalue weighted by atomic mass is 10.2. The van der Waals surface area contributed by atoms with Crippen LogP contribution in [0.2, 0.25) is 5.02 Å². The van der Waals surface area contributed by atoms with Crippen LogP contribution >= 0.6 is 11.6 Å². The van der Waals surface area contributed by atoms with Gasteiger partial charge >= 0.3 is 0 Å². The molecule has 128 valence electrons. The first kappa shape index (κ1) is 18.0. The van der Waals surface area contributed by atoms with E-state index in [4.69, 9.17) is 21.1 Å². The highest BCUT2D eigenvalue weighted by molar-refractivity contribution is 6.30. The lowest BCUT2D eigenvalue weighted by Gasteiger charge is -2.21. The smallest absolute Gasteiger partial charge is 0.234 e. The van der Waals surface area contributed by atoms with Crippen LogP contribution in [0.15, 0.2) is 18.2 Å². The molecule has 0 aromatic heterocycles. The number of nitrogens with zero attached hydrogens (tertiary/aromatic N) is 1. The number of aliphatic hydroxyl groups is 1. The Morgan fingerprint density at radius 2 is 2.26 bits per heavy atom. The van der Waals surface area contributed by atoms with Crippen LogP contribution < -0.4 is 10.1 Å². The Labute approximate surface area is 141 Å². The molecule has 1 aromatic carbocycles. The third-order valence-corrected chi connectivity index (χ3v) is 4.33. The van der Waals surface area contributed by atoms with Crippen LogP contribution in [-0.4, -0.2) is 62.0 Å². The summed E-state index contributed by atoms with van der Waals surface area (Å²) >= 11 is 5.98. The molecule has 1 fully saturated rings. The standard InChI is InChI=1S/C16H23ClN2O4/c1-22-14-6-13(10-20)19(8-14)9-16(21)18-7-11-5-12(17)3-4-15(11)23-2/h3-5,13-14,20H,6-10H2,1-2H3,(H,18,21)/t13-,14+/m0/s1. The third-order valence-electron chi connectivity index (χ3n) is 4.10. The van der Waals surface area contributed by atoms with E-state index in [1.54, 1.807) is 32.4 Å². The van der Waals surface area contributed by atoms with Gasteiger partial charge in [-0.1, -0.05) is 11.6 Å². The van der Waals surface area contributed by atoms with Gasteiger partial charge in [-0.3, -0.25) is 9.69 Å². The molecular weight excluding hydrogens is 320 g/mol. The molecule has 6 nitrogen and oxygen atoms in total. The average molecular weight is 343 g/mol. The summed E-state index contributed by atoms with van der Waals surface area (Å²) < 4.78 is 10.6. The normalized spacial score (nSPS) is 21.4. The number of carbonyl (C=O) groups is 1. The molecule has 0 radical (unpaired) electrons. The van der Waals surface area contributed by atoms with Gasteiger partial charge in [0.05, 0.1) is 26.4 Å². The van der Waals surface area contributed by atoms with Crippen molar-refractivity contribution in [2.75, 3.05) is 33.9 Å². The topological polar surface area (TPSA) is 71.0 Å². The van der Waals surface area contributed by atoms with Crippen molar-refractivity contribution in [1.29, 1.82) is 0 Å². The summed E-state index contributed by atoms with van der Waals surface area (Å²) in [4.78, 5) is 14.1. The van der Waals surface area contributed by atoms with Gasteiger partial charge in [0.25, 0.3) is 0 Å². The van der Waals surface area contributed by atoms with E-state index in [9.17, 15) is 9.90 Å². The highest BCUT2D eigenvalue weighted by Crippen LogP contribution is 2.22. The van der Waals surface area contributed by atoms with E-state index in [2.05, 4.69) is 5.32 Å². The Morgan fingerprint density at radius 3 is 2.91 bits per heavy atom. The first-order valence-electron chi connectivity index (χ1n) is 7.54. The molecule has 1 amide bonds. The van der Waals surface area contributed by atoms with Crippen molar-refractivity contribution in [2.45, 2.75) is 25.1 Å². The number of hydrogen-bond acceptors (Lipinski definition) is 5. The van der Waals surface area contributed by atoms with Gasteiger partial charge in [0.2, 0.25) is 5.91 Å². The van der Waals surface area contributed by atoms with E-state index in [0.717, 1.165) is 12.0 Å². The number of amides is 1. The van der Waals surface area contributed by atoms with Gasteiger partial charge in [-0.15, -0.1) is 0 Å². The Morgan fingerprint density at radius 1 is 1.48 bits per heavy atom. The highest BCUT2D eigenvalue weighted by atomic mass is 35.5. The maximum atomic E-state index is 12.2. The van der Waals surface area contributed by atoms with E-state index >= 15 is 0 Å². The molecule has 1 saturated heterocycles. The monoisotopic (exact) mass is 342 g/mol. The third kappa shape index (κ3) is 4.81. The van der Waals surface area contributed by atoms with Crippen molar-refractivity contribution in [3.8, 4) is 5.75 Å². The number of rotatable bonds is 7. The fraction of sp³-hybridized carbons (Fsp3) is 0.562. The average Bonchev–Trinajstić information content (AvgIpc) is 2.95. The van der Waals surface area contributed by atoms with Crippen molar-refractivity contribution < 1.29 is 19.4 Å². The first-order chi connectivity index (χ1) is 11.1. The van der Waals surface area contributed by atoms with Crippen molar-refractivity contribution in [3.05, 3.63) is 28.8 Å². The van der Waals surface area contributed by atoms with Gasteiger partial charge in [0.1, 0.15) is 5.75 Å². The fourth-order valence-electron chi connectivity index (χ4n) is 2.81. The minimum atomic E-state index is -0.109. The Kier molecular flexibility index (Phi) is 6.65. The largest absolute Gasteiger partial charge is 0.496 e. The predicted molar refractivity (Wildman–Crippen MR) is 87.7 cm³/mol. The molecule has 1 aliphatic rings. The zero-order valence-electron chi connectivity index (χ0n) is 13.4. The SMILES string of the molecule is COc1ccc(Cl)cc1CNC(=O)CN1C[C@H](OC)C[C@H]1CO. The van der Waals surface area contributed by atoms with Gasteiger partial charge in [-0.05, 0) is 24.6 Å². The Bertz CT molecular complexity index is 541.